The summed E-state index contributed by atoms with van der Waals surface area (Å²) in [5.74, 6) is 1.14. The third-order valence-corrected chi connectivity index (χ3v) is 3.98. The van der Waals surface area contributed by atoms with Gasteiger partial charge in [0.15, 0.2) is 0 Å². The molecule has 1 nitrogen and oxygen atoms in total. The van der Waals surface area contributed by atoms with Crippen molar-refractivity contribution < 1.29 is 4.79 Å². The van der Waals surface area contributed by atoms with Gasteiger partial charge in [-0.3, -0.25) is 4.79 Å². The molecule has 0 heterocycles. The second-order valence-electron chi connectivity index (χ2n) is 4.82. The second-order valence-corrected chi connectivity index (χ2v) is 4.82. The number of aryl methyl sites for hydroxylation is 1. The summed E-state index contributed by atoms with van der Waals surface area (Å²) in [6.07, 6.45) is 5.67. The standard InChI is InChI=1S/C14H16O/c15-14(11-5-3-6-11)13-9-8-10-4-1-2-7-12(10)13/h1-2,4,7,11,13H,3,5-6,8-9H2. The Morgan fingerprint density at radius 2 is 1.93 bits per heavy atom. The van der Waals surface area contributed by atoms with Crippen LogP contribution in [0.15, 0.2) is 24.3 Å². The smallest absolute Gasteiger partial charge is 0.143 e. The highest BCUT2D eigenvalue weighted by Crippen LogP contribution is 2.39. The Bertz CT molecular complexity index is 390. The molecule has 0 spiro atoms. The molecule has 2 aliphatic carbocycles. The summed E-state index contributed by atoms with van der Waals surface area (Å²) in [7, 11) is 0. The van der Waals surface area contributed by atoms with Gasteiger partial charge >= 0.3 is 0 Å². The maximum Gasteiger partial charge on any atom is 0.143 e. The Hall–Kier alpha value is -1.11. The zero-order valence-electron chi connectivity index (χ0n) is 8.91. The van der Waals surface area contributed by atoms with Crippen LogP contribution in [0.25, 0.3) is 0 Å². The Labute approximate surface area is 90.5 Å². The zero-order valence-corrected chi connectivity index (χ0v) is 8.91. The number of carbonyl (C=O) groups is 1. The van der Waals surface area contributed by atoms with E-state index in [1.165, 1.54) is 17.5 Å². The molecule has 1 heteroatoms. The van der Waals surface area contributed by atoms with Crippen molar-refractivity contribution in [3.8, 4) is 0 Å². The van der Waals surface area contributed by atoms with E-state index in [4.69, 9.17) is 0 Å². The van der Waals surface area contributed by atoms with Crippen LogP contribution >= 0.6 is 0 Å². The van der Waals surface area contributed by atoms with Crippen LogP contribution in [0.3, 0.4) is 0 Å². The van der Waals surface area contributed by atoms with Crippen LogP contribution in [0.1, 0.15) is 42.7 Å². The molecule has 0 radical (unpaired) electrons. The molecular weight excluding hydrogens is 184 g/mol. The van der Waals surface area contributed by atoms with E-state index >= 15 is 0 Å². The summed E-state index contributed by atoms with van der Waals surface area (Å²) in [4.78, 5) is 12.2. The normalized spacial score (nSPS) is 24.7. The molecule has 2 aliphatic rings. The first-order valence-electron chi connectivity index (χ1n) is 5.98. The predicted octanol–water partition coefficient (Wildman–Crippen LogP) is 3.09. The van der Waals surface area contributed by atoms with Crippen LogP contribution in [-0.4, -0.2) is 5.78 Å². The lowest BCUT2D eigenvalue weighted by Gasteiger charge is -2.26. The van der Waals surface area contributed by atoms with Crippen molar-refractivity contribution in [1.29, 1.82) is 0 Å². The van der Waals surface area contributed by atoms with Gasteiger partial charge < -0.3 is 0 Å². The van der Waals surface area contributed by atoms with Gasteiger partial charge in [0, 0.05) is 11.8 Å². The van der Waals surface area contributed by atoms with Crippen molar-refractivity contribution in [2.24, 2.45) is 5.92 Å². The fourth-order valence-electron chi connectivity index (χ4n) is 2.83. The van der Waals surface area contributed by atoms with E-state index in [1.807, 2.05) is 0 Å². The average molecular weight is 200 g/mol. The van der Waals surface area contributed by atoms with Crippen molar-refractivity contribution in [3.05, 3.63) is 35.4 Å². The summed E-state index contributed by atoms with van der Waals surface area (Å²) >= 11 is 0. The van der Waals surface area contributed by atoms with Gasteiger partial charge in [-0.1, -0.05) is 30.7 Å². The number of benzene rings is 1. The molecule has 0 amide bonds. The number of rotatable bonds is 2. The molecule has 0 aromatic heterocycles. The first kappa shape index (κ1) is 9.14. The molecule has 1 aromatic rings. The van der Waals surface area contributed by atoms with Gasteiger partial charge in [0.25, 0.3) is 0 Å². The molecule has 1 fully saturated rings. The Morgan fingerprint density at radius 1 is 1.13 bits per heavy atom. The molecule has 1 atom stereocenters. The van der Waals surface area contributed by atoms with E-state index in [9.17, 15) is 4.79 Å². The molecular formula is C14H16O. The first-order valence-corrected chi connectivity index (χ1v) is 5.98. The van der Waals surface area contributed by atoms with Crippen LogP contribution in [-0.2, 0) is 11.2 Å². The van der Waals surface area contributed by atoms with Gasteiger partial charge in [-0.15, -0.1) is 0 Å². The van der Waals surface area contributed by atoms with E-state index in [-0.39, 0.29) is 5.92 Å². The molecule has 0 aliphatic heterocycles. The fourth-order valence-corrected chi connectivity index (χ4v) is 2.83. The minimum atomic E-state index is 0.228. The summed E-state index contributed by atoms with van der Waals surface area (Å²) < 4.78 is 0. The minimum absolute atomic E-state index is 0.228. The third-order valence-electron chi connectivity index (χ3n) is 3.98. The number of hydrogen-bond donors (Lipinski definition) is 0. The molecule has 3 rings (SSSR count). The van der Waals surface area contributed by atoms with Crippen molar-refractivity contribution >= 4 is 5.78 Å². The molecule has 78 valence electrons. The highest BCUT2D eigenvalue weighted by Gasteiger charge is 2.35. The molecule has 1 saturated carbocycles. The van der Waals surface area contributed by atoms with Crippen LogP contribution in [0.4, 0.5) is 0 Å². The predicted molar refractivity (Wildman–Crippen MR) is 59.9 cm³/mol. The van der Waals surface area contributed by atoms with Crippen LogP contribution in [0.5, 0.6) is 0 Å². The first-order chi connectivity index (χ1) is 7.36. The lowest BCUT2D eigenvalue weighted by atomic mass is 9.76. The minimum Gasteiger partial charge on any atom is -0.299 e. The summed E-state index contributed by atoms with van der Waals surface area (Å²) in [5.41, 5.74) is 2.71. The number of carbonyl (C=O) groups excluding carboxylic acids is 1. The van der Waals surface area contributed by atoms with E-state index in [2.05, 4.69) is 24.3 Å². The molecule has 1 unspecified atom stereocenters. The Morgan fingerprint density at radius 3 is 2.67 bits per heavy atom. The van der Waals surface area contributed by atoms with Crippen molar-refractivity contribution in [3.63, 3.8) is 0 Å². The van der Waals surface area contributed by atoms with Crippen molar-refractivity contribution in [2.45, 2.75) is 38.0 Å². The Kier molecular flexibility index (Phi) is 2.12. The van der Waals surface area contributed by atoms with E-state index in [0.29, 0.717) is 11.7 Å². The number of Topliss-reactive ketones (excluding diaryl/α,β-unsaturated/α-hetero) is 1. The van der Waals surface area contributed by atoms with Crippen LogP contribution in [0.2, 0.25) is 0 Å². The highest BCUT2D eigenvalue weighted by molar-refractivity contribution is 5.89. The lowest BCUT2D eigenvalue weighted by molar-refractivity contribution is -0.126. The lowest BCUT2D eigenvalue weighted by Crippen LogP contribution is -2.26. The fraction of sp³-hybridized carbons (Fsp3) is 0.500. The molecule has 0 saturated heterocycles. The maximum absolute atomic E-state index is 12.2. The number of fused-ring (bicyclic) bond motifs is 1. The van der Waals surface area contributed by atoms with Gasteiger partial charge in [0.1, 0.15) is 5.78 Å². The summed E-state index contributed by atoms with van der Waals surface area (Å²) in [6.45, 7) is 0. The zero-order chi connectivity index (χ0) is 10.3. The van der Waals surface area contributed by atoms with Gasteiger partial charge in [0.2, 0.25) is 0 Å². The SMILES string of the molecule is O=C(C1CCC1)C1CCc2ccccc21. The number of ketones is 1. The van der Waals surface area contributed by atoms with Crippen LogP contribution in [0, 0.1) is 5.92 Å². The monoisotopic (exact) mass is 200 g/mol. The van der Waals surface area contributed by atoms with Gasteiger partial charge in [-0.05, 0) is 36.8 Å². The largest absolute Gasteiger partial charge is 0.299 e. The molecule has 0 bridgehead atoms. The molecule has 1 aromatic carbocycles. The van der Waals surface area contributed by atoms with Crippen molar-refractivity contribution in [1.82, 2.24) is 0 Å². The quantitative estimate of drug-likeness (QED) is 0.717. The van der Waals surface area contributed by atoms with Gasteiger partial charge in [-0.25, -0.2) is 0 Å². The second kappa shape index (κ2) is 3.48. The number of hydrogen-bond acceptors (Lipinski definition) is 1. The van der Waals surface area contributed by atoms with Crippen molar-refractivity contribution in [2.75, 3.05) is 0 Å². The summed E-state index contributed by atoms with van der Waals surface area (Å²) in [5, 5.41) is 0. The highest BCUT2D eigenvalue weighted by atomic mass is 16.1. The summed E-state index contributed by atoms with van der Waals surface area (Å²) in [6, 6.07) is 8.45. The molecule has 0 N–H and O–H groups in total. The topological polar surface area (TPSA) is 17.1 Å². The third kappa shape index (κ3) is 1.41. The maximum atomic E-state index is 12.2. The van der Waals surface area contributed by atoms with Gasteiger partial charge in [0.05, 0.1) is 0 Å². The van der Waals surface area contributed by atoms with E-state index in [1.54, 1.807) is 0 Å². The Balaban J connectivity index is 1.86. The van der Waals surface area contributed by atoms with Crippen LogP contribution < -0.4 is 0 Å². The average Bonchev–Trinajstić information content (AvgIpc) is 2.58. The van der Waals surface area contributed by atoms with E-state index < -0.39 is 0 Å². The van der Waals surface area contributed by atoms with E-state index in [0.717, 1.165) is 25.7 Å². The van der Waals surface area contributed by atoms with Gasteiger partial charge in [-0.2, -0.15) is 0 Å². The molecule has 15 heavy (non-hydrogen) atoms.